The van der Waals surface area contributed by atoms with Crippen LogP contribution in [0, 0.1) is 5.92 Å². The van der Waals surface area contributed by atoms with Crippen molar-refractivity contribution in [1.82, 2.24) is 0 Å². The van der Waals surface area contributed by atoms with Crippen molar-refractivity contribution in [2.45, 2.75) is 69.0 Å². The van der Waals surface area contributed by atoms with Gasteiger partial charge in [-0.05, 0) is 44.4 Å². The third-order valence-electron chi connectivity index (χ3n) is 4.46. The second kappa shape index (κ2) is 12.2. The van der Waals surface area contributed by atoms with Crippen molar-refractivity contribution >= 4 is 24.9 Å². The molecule has 1 aliphatic rings. The van der Waals surface area contributed by atoms with Gasteiger partial charge in [-0.25, -0.2) is 0 Å². The van der Waals surface area contributed by atoms with E-state index in [-0.39, 0.29) is 35.6 Å². The van der Waals surface area contributed by atoms with Gasteiger partial charge in [0.1, 0.15) is 5.78 Å². The summed E-state index contributed by atoms with van der Waals surface area (Å²) in [6.45, 7) is 3.06. The highest BCUT2D eigenvalue weighted by atomic mass is 32.2. The summed E-state index contributed by atoms with van der Waals surface area (Å²) < 4.78 is 11.2. The molecule has 8 heteroatoms. The van der Waals surface area contributed by atoms with Crippen molar-refractivity contribution in [3.05, 3.63) is 23.6 Å². The van der Waals surface area contributed by atoms with Crippen molar-refractivity contribution in [2.75, 3.05) is 12.8 Å². The van der Waals surface area contributed by atoms with E-state index in [1.807, 2.05) is 11.5 Å². The number of Topliss-reactive ketones (excluding diaryl/α,β-unsaturated/α-hetero) is 1. The first-order valence-electron chi connectivity index (χ1n) is 9.45. The molecule has 1 rings (SSSR count). The third-order valence-corrected chi connectivity index (χ3v) is 6.83. The van der Waals surface area contributed by atoms with E-state index in [0.717, 1.165) is 0 Å². The van der Waals surface area contributed by atoms with E-state index in [4.69, 9.17) is 0 Å². The zero-order valence-corrected chi connectivity index (χ0v) is 17.8. The number of carbonyl (C=O) groups excluding carboxylic acids is 1. The Kier molecular flexibility index (Phi) is 11.1. The molecule has 6 atom stereocenters. The lowest BCUT2D eigenvalue weighted by molar-refractivity contribution is -0.117. The molecule has 0 saturated heterocycles. The molecule has 4 N–H and O–H groups in total. The predicted molar refractivity (Wildman–Crippen MR) is 110 cm³/mol. The molecule has 0 aliphatic heterocycles. The van der Waals surface area contributed by atoms with E-state index in [2.05, 4.69) is 0 Å². The van der Waals surface area contributed by atoms with Crippen molar-refractivity contribution in [3.63, 3.8) is 0 Å². The van der Waals surface area contributed by atoms with E-state index in [9.17, 15) is 29.6 Å². The molecule has 0 heterocycles. The second-order valence-corrected chi connectivity index (χ2v) is 11.0. The summed E-state index contributed by atoms with van der Waals surface area (Å²) in [5, 5.41) is 30.8. The van der Waals surface area contributed by atoms with Crippen LogP contribution in [-0.2, 0) is 9.36 Å². The number of carbonyl (C=O) groups is 1. The van der Waals surface area contributed by atoms with Crippen LogP contribution in [0.25, 0.3) is 0 Å². The summed E-state index contributed by atoms with van der Waals surface area (Å²) in [4.78, 5) is 21.4. The molecular weight excluding hydrogens is 387 g/mol. The molecule has 0 amide bonds. The van der Waals surface area contributed by atoms with Crippen LogP contribution in [0.4, 0.5) is 0 Å². The van der Waals surface area contributed by atoms with Crippen LogP contribution in [0.15, 0.2) is 23.6 Å². The van der Waals surface area contributed by atoms with Gasteiger partial charge in [0.2, 0.25) is 0 Å². The molecule has 0 bridgehead atoms. The van der Waals surface area contributed by atoms with Gasteiger partial charge in [0.05, 0.1) is 23.6 Å². The SMILES string of the molecule is CC(O)CCCC(O)/C=C/C1C(O)CC(=O)C1S/C=C/CCCP(C)(=O)O. The number of rotatable bonds is 12. The van der Waals surface area contributed by atoms with Crippen LogP contribution in [0.5, 0.6) is 0 Å². The first kappa shape index (κ1) is 24.6. The van der Waals surface area contributed by atoms with Gasteiger partial charge < -0.3 is 20.2 Å². The van der Waals surface area contributed by atoms with Gasteiger partial charge >= 0.3 is 0 Å². The largest absolute Gasteiger partial charge is 0.393 e. The number of unbranched alkanes of at least 4 members (excludes halogenated alkanes) is 1. The molecule has 27 heavy (non-hydrogen) atoms. The molecule has 0 aromatic carbocycles. The van der Waals surface area contributed by atoms with Gasteiger partial charge in [0, 0.05) is 25.2 Å². The van der Waals surface area contributed by atoms with E-state index < -0.39 is 19.6 Å². The molecule has 6 nitrogen and oxygen atoms in total. The fraction of sp³-hybridized carbons (Fsp3) is 0.737. The van der Waals surface area contributed by atoms with Gasteiger partial charge in [-0.3, -0.25) is 9.36 Å². The number of ketones is 1. The van der Waals surface area contributed by atoms with Gasteiger partial charge in [0.15, 0.2) is 7.37 Å². The first-order valence-corrected chi connectivity index (χ1v) is 12.7. The minimum absolute atomic E-state index is 0.0104. The molecule has 0 radical (unpaired) electrons. The standard InChI is InChI=1S/C19H33O6PS/c1-14(20)7-6-8-15(21)9-10-16-17(22)13-18(23)19(16)27-12-5-3-4-11-26(2,24)25/h5,9-10,12,14-17,19-22H,3-4,6-8,11,13H2,1-2H3,(H,24,25)/b10-9+,12-5+. The molecule has 0 aromatic rings. The summed E-state index contributed by atoms with van der Waals surface area (Å²) in [6.07, 6.45) is 6.98. The lowest BCUT2D eigenvalue weighted by atomic mass is 10.0. The van der Waals surface area contributed by atoms with Gasteiger partial charge in [-0.15, -0.1) is 11.8 Å². The fourth-order valence-corrected chi connectivity index (χ4v) is 4.84. The Balaban J connectivity index is 2.48. The number of aliphatic hydroxyl groups excluding tert-OH is 3. The molecular formula is C19H33O6PS. The Bertz CT molecular complexity index is 556. The highest BCUT2D eigenvalue weighted by molar-refractivity contribution is 8.03. The Morgan fingerprint density at radius 2 is 2.00 bits per heavy atom. The maximum absolute atomic E-state index is 12.1. The maximum Gasteiger partial charge on any atom is 0.197 e. The minimum Gasteiger partial charge on any atom is -0.393 e. The Morgan fingerprint density at radius 3 is 2.63 bits per heavy atom. The zero-order valence-electron chi connectivity index (χ0n) is 16.1. The molecule has 156 valence electrons. The topological polar surface area (TPSA) is 115 Å². The maximum atomic E-state index is 12.1. The van der Waals surface area contributed by atoms with Crippen molar-refractivity contribution in [1.29, 1.82) is 0 Å². The fourth-order valence-electron chi connectivity index (χ4n) is 2.96. The highest BCUT2D eigenvalue weighted by Crippen LogP contribution is 2.37. The lowest BCUT2D eigenvalue weighted by Crippen LogP contribution is -2.21. The van der Waals surface area contributed by atoms with E-state index >= 15 is 0 Å². The van der Waals surface area contributed by atoms with Gasteiger partial charge in [-0.2, -0.15) is 0 Å². The Labute approximate surface area is 166 Å². The van der Waals surface area contributed by atoms with Crippen molar-refractivity contribution in [3.8, 4) is 0 Å². The number of aliphatic hydroxyl groups is 3. The van der Waals surface area contributed by atoms with Crippen LogP contribution in [0.3, 0.4) is 0 Å². The molecule has 6 unspecified atom stereocenters. The van der Waals surface area contributed by atoms with Crippen LogP contribution in [0.1, 0.15) is 45.4 Å². The van der Waals surface area contributed by atoms with Crippen LogP contribution in [-0.4, -0.2) is 62.4 Å². The lowest BCUT2D eigenvalue weighted by Gasteiger charge is -2.16. The Hall–Kier alpha value is -0.430. The average Bonchev–Trinajstić information content (AvgIpc) is 2.80. The number of hydrogen-bond acceptors (Lipinski definition) is 6. The molecule has 0 aromatic heterocycles. The summed E-state index contributed by atoms with van der Waals surface area (Å²) in [5.74, 6) is -0.351. The third kappa shape index (κ3) is 10.6. The molecule has 1 fully saturated rings. The Morgan fingerprint density at radius 1 is 1.30 bits per heavy atom. The zero-order chi connectivity index (χ0) is 20.4. The predicted octanol–water partition coefficient (Wildman–Crippen LogP) is 2.70. The normalized spacial score (nSPS) is 28.1. The molecule has 1 saturated carbocycles. The number of thioether (sulfide) groups is 1. The second-order valence-electron chi connectivity index (χ2n) is 7.39. The van der Waals surface area contributed by atoms with Crippen LogP contribution in [0.2, 0.25) is 0 Å². The van der Waals surface area contributed by atoms with Crippen LogP contribution >= 0.6 is 19.1 Å². The van der Waals surface area contributed by atoms with Crippen molar-refractivity contribution in [2.24, 2.45) is 5.92 Å². The molecule has 1 aliphatic carbocycles. The van der Waals surface area contributed by atoms with E-state index in [1.54, 1.807) is 19.1 Å². The summed E-state index contributed by atoms with van der Waals surface area (Å²) in [7, 11) is -2.97. The van der Waals surface area contributed by atoms with Crippen LogP contribution < -0.4 is 0 Å². The van der Waals surface area contributed by atoms with E-state index in [0.29, 0.717) is 32.1 Å². The van der Waals surface area contributed by atoms with E-state index in [1.165, 1.54) is 18.4 Å². The number of allylic oxidation sites excluding steroid dienone is 1. The minimum atomic E-state index is -2.97. The summed E-state index contributed by atoms with van der Waals surface area (Å²) in [5.41, 5.74) is 0. The van der Waals surface area contributed by atoms with Gasteiger partial charge in [0.25, 0.3) is 0 Å². The summed E-state index contributed by atoms with van der Waals surface area (Å²) in [6, 6.07) is 0. The molecule has 0 spiro atoms. The monoisotopic (exact) mass is 420 g/mol. The van der Waals surface area contributed by atoms with Crippen molar-refractivity contribution < 1.29 is 29.6 Å². The smallest absolute Gasteiger partial charge is 0.197 e. The number of hydrogen-bond donors (Lipinski definition) is 4. The quantitative estimate of drug-likeness (QED) is 0.218. The highest BCUT2D eigenvalue weighted by Gasteiger charge is 2.40. The first-order chi connectivity index (χ1) is 12.6. The average molecular weight is 421 g/mol. The summed E-state index contributed by atoms with van der Waals surface area (Å²) >= 11 is 1.35. The van der Waals surface area contributed by atoms with Gasteiger partial charge in [-0.1, -0.05) is 18.2 Å².